The Balaban J connectivity index is 1.69. The second-order valence-electron chi connectivity index (χ2n) is 7.57. The van der Waals surface area contributed by atoms with Gasteiger partial charge in [0.1, 0.15) is 6.33 Å². The first kappa shape index (κ1) is 22.0. The predicted molar refractivity (Wildman–Crippen MR) is 111 cm³/mol. The summed E-state index contributed by atoms with van der Waals surface area (Å²) in [7, 11) is 0. The van der Waals surface area contributed by atoms with Gasteiger partial charge in [0.05, 0.1) is 6.33 Å². The molecule has 2 aliphatic heterocycles. The lowest BCUT2D eigenvalue weighted by atomic mass is 10.1. The van der Waals surface area contributed by atoms with E-state index in [0.29, 0.717) is 30.2 Å². The van der Waals surface area contributed by atoms with Crippen molar-refractivity contribution in [1.29, 1.82) is 0 Å². The van der Waals surface area contributed by atoms with E-state index in [1.807, 2.05) is 0 Å². The van der Waals surface area contributed by atoms with Gasteiger partial charge >= 0.3 is 11.9 Å². The summed E-state index contributed by atoms with van der Waals surface area (Å²) in [6.45, 7) is 5.60. The Morgan fingerprint density at radius 3 is 2.53 bits per heavy atom. The van der Waals surface area contributed by atoms with Crippen LogP contribution in [0.5, 0.6) is 0 Å². The standard InChI is InChI=1S/C21H25N5O6/c1-4-5-15-17(30-12(2)27)18(31-13(3)28)21(32-15)26-11-24-16-19(22-10-23-20(16)26)25-14-6-8-29-9-7-14/h10-11,14-15,17-18,21H,6-9H2,1-3H3,(H,22,23,25). The highest BCUT2D eigenvalue weighted by Crippen LogP contribution is 2.36. The lowest BCUT2D eigenvalue weighted by Gasteiger charge is -2.24. The normalized spacial score (nSPS) is 25.7. The van der Waals surface area contributed by atoms with Crippen LogP contribution >= 0.6 is 0 Å². The molecule has 4 atom stereocenters. The van der Waals surface area contributed by atoms with Gasteiger partial charge in [-0.15, -0.1) is 5.92 Å². The molecule has 4 heterocycles. The van der Waals surface area contributed by atoms with Gasteiger partial charge in [0.15, 0.2) is 41.5 Å². The van der Waals surface area contributed by atoms with E-state index in [4.69, 9.17) is 18.9 Å². The number of hydrogen-bond donors (Lipinski definition) is 1. The predicted octanol–water partition coefficient (Wildman–Crippen LogP) is 1.20. The molecule has 2 fully saturated rings. The van der Waals surface area contributed by atoms with Crippen LogP contribution in [-0.2, 0) is 28.5 Å². The molecule has 170 valence electrons. The number of imidazole rings is 1. The molecule has 1 N–H and O–H groups in total. The Morgan fingerprint density at radius 2 is 1.84 bits per heavy atom. The summed E-state index contributed by atoms with van der Waals surface area (Å²) in [6, 6.07) is 0.223. The molecule has 0 saturated carbocycles. The number of rotatable bonds is 5. The fraction of sp³-hybridized carbons (Fsp3) is 0.571. The number of carbonyl (C=O) groups is 2. The van der Waals surface area contributed by atoms with Crippen LogP contribution in [0.15, 0.2) is 12.7 Å². The molecule has 11 heteroatoms. The molecule has 32 heavy (non-hydrogen) atoms. The molecule has 0 bridgehead atoms. The molecule has 0 aliphatic carbocycles. The van der Waals surface area contributed by atoms with Gasteiger partial charge in [0.25, 0.3) is 0 Å². The Bertz CT molecular complexity index is 1050. The molecular weight excluding hydrogens is 418 g/mol. The van der Waals surface area contributed by atoms with Crippen molar-refractivity contribution in [2.45, 2.75) is 64.2 Å². The molecule has 0 amide bonds. The summed E-state index contributed by atoms with van der Waals surface area (Å²) < 4.78 is 24.1. The van der Waals surface area contributed by atoms with Crippen molar-refractivity contribution >= 4 is 28.9 Å². The number of nitrogens with one attached hydrogen (secondary N) is 1. The minimum Gasteiger partial charge on any atom is -0.455 e. The minimum absolute atomic E-state index is 0.223. The molecule has 4 unspecified atom stereocenters. The molecule has 2 aromatic rings. The first-order valence-electron chi connectivity index (χ1n) is 10.4. The molecule has 2 saturated heterocycles. The van der Waals surface area contributed by atoms with Crippen LogP contribution in [0, 0.1) is 11.8 Å². The molecular formula is C21H25N5O6. The van der Waals surface area contributed by atoms with Gasteiger partial charge in [0, 0.05) is 33.1 Å². The van der Waals surface area contributed by atoms with Crippen molar-refractivity contribution in [3.63, 3.8) is 0 Å². The number of esters is 2. The maximum absolute atomic E-state index is 11.8. The summed E-state index contributed by atoms with van der Waals surface area (Å²) in [4.78, 5) is 36.7. The van der Waals surface area contributed by atoms with E-state index >= 15 is 0 Å². The van der Waals surface area contributed by atoms with E-state index < -0.39 is 36.5 Å². The van der Waals surface area contributed by atoms with Crippen LogP contribution in [0.1, 0.15) is 39.8 Å². The number of ether oxygens (including phenoxy) is 4. The van der Waals surface area contributed by atoms with Crippen molar-refractivity contribution in [3.05, 3.63) is 12.7 Å². The molecule has 0 spiro atoms. The minimum atomic E-state index is -0.929. The average molecular weight is 443 g/mol. The van der Waals surface area contributed by atoms with Crippen molar-refractivity contribution in [2.24, 2.45) is 0 Å². The highest BCUT2D eigenvalue weighted by molar-refractivity contribution is 5.83. The van der Waals surface area contributed by atoms with Crippen LogP contribution in [0.25, 0.3) is 11.2 Å². The van der Waals surface area contributed by atoms with Crippen LogP contribution in [0.2, 0.25) is 0 Å². The van der Waals surface area contributed by atoms with Gasteiger partial charge in [-0.2, -0.15) is 0 Å². The first-order chi connectivity index (χ1) is 15.5. The summed E-state index contributed by atoms with van der Waals surface area (Å²) in [5.74, 6) is 5.18. The van der Waals surface area contributed by atoms with Crippen LogP contribution in [0.3, 0.4) is 0 Å². The quantitative estimate of drug-likeness (QED) is 0.532. The number of nitrogens with zero attached hydrogens (tertiary/aromatic N) is 4. The molecule has 4 rings (SSSR count). The first-order valence-corrected chi connectivity index (χ1v) is 10.4. The number of hydrogen-bond acceptors (Lipinski definition) is 10. The lowest BCUT2D eigenvalue weighted by molar-refractivity contribution is -0.165. The fourth-order valence-corrected chi connectivity index (χ4v) is 3.94. The molecule has 2 aromatic heterocycles. The largest absolute Gasteiger partial charge is 0.455 e. The zero-order valence-corrected chi connectivity index (χ0v) is 18.1. The van der Waals surface area contributed by atoms with Crippen molar-refractivity contribution in [2.75, 3.05) is 18.5 Å². The molecule has 0 radical (unpaired) electrons. The third-order valence-corrected chi connectivity index (χ3v) is 5.28. The Labute approximate surface area is 184 Å². The number of fused-ring (bicyclic) bond motifs is 1. The fourth-order valence-electron chi connectivity index (χ4n) is 3.94. The van der Waals surface area contributed by atoms with Crippen LogP contribution in [0.4, 0.5) is 5.82 Å². The van der Waals surface area contributed by atoms with Gasteiger partial charge in [-0.25, -0.2) is 15.0 Å². The van der Waals surface area contributed by atoms with Crippen molar-refractivity contribution < 1.29 is 28.5 Å². The Morgan fingerprint density at radius 1 is 1.12 bits per heavy atom. The highest BCUT2D eigenvalue weighted by atomic mass is 16.6. The zero-order chi connectivity index (χ0) is 22.7. The second-order valence-corrected chi connectivity index (χ2v) is 7.57. The second kappa shape index (κ2) is 9.50. The number of aromatic nitrogens is 4. The van der Waals surface area contributed by atoms with E-state index in [1.165, 1.54) is 20.2 Å². The van der Waals surface area contributed by atoms with Gasteiger partial charge < -0.3 is 24.3 Å². The van der Waals surface area contributed by atoms with E-state index in [0.717, 1.165) is 12.8 Å². The van der Waals surface area contributed by atoms with E-state index in [9.17, 15) is 9.59 Å². The molecule has 0 aromatic carbocycles. The maximum Gasteiger partial charge on any atom is 0.303 e. The van der Waals surface area contributed by atoms with E-state index in [2.05, 4.69) is 32.1 Å². The number of carbonyl (C=O) groups excluding carboxylic acids is 2. The zero-order valence-electron chi connectivity index (χ0n) is 18.1. The van der Waals surface area contributed by atoms with Gasteiger partial charge in [-0.3, -0.25) is 14.2 Å². The summed E-state index contributed by atoms with van der Waals surface area (Å²) in [5.41, 5.74) is 1.04. The van der Waals surface area contributed by atoms with Gasteiger partial charge in [0.2, 0.25) is 0 Å². The van der Waals surface area contributed by atoms with E-state index in [1.54, 1.807) is 17.8 Å². The van der Waals surface area contributed by atoms with Crippen LogP contribution < -0.4 is 5.32 Å². The number of anilines is 1. The third-order valence-electron chi connectivity index (χ3n) is 5.28. The summed E-state index contributed by atoms with van der Waals surface area (Å²) >= 11 is 0. The van der Waals surface area contributed by atoms with Crippen molar-refractivity contribution in [1.82, 2.24) is 19.5 Å². The Kier molecular flexibility index (Phi) is 6.53. The van der Waals surface area contributed by atoms with Crippen molar-refractivity contribution in [3.8, 4) is 11.8 Å². The third kappa shape index (κ3) is 4.51. The summed E-state index contributed by atoms with van der Waals surface area (Å²) in [6.07, 6.45) is 1.27. The monoisotopic (exact) mass is 443 g/mol. The lowest BCUT2D eigenvalue weighted by Crippen LogP contribution is -2.38. The topological polar surface area (TPSA) is 127 Å². The summed E-state index contributed by atoms with van der Waals surface area (Å²) in [5, 5.41) is 3.41. The maximum atomic E-state index is 11.8. The van der Waals surface area contributed by atoms with Crippen LogP contribution in [-0.4, -0.2) is 69.0 Å². The highest BCUT2D eigenvalue weighted by Gasteiger charge is 2.50. The van der Waals surface area contributed by atoms with Gasteiger partial charge in [-0.1, -0.05) is 5.92 Å². The SMILES string of the molecule is CC#CC1OC(n2cnc3c(NC4CCOCC4)ncnc32)C(OC(C)=O)C1OC(C)=O. The Hall–Kier alpha value is -3.23. The molecule has 11 nitrogen and oxygen atoms in total. The smallest absolute Gasteiger partial charge is 0.303 e. The molecule has 2 aliphatic rings. The average Bonchev–Trinajstić information content (AvgIpc) is 3.32. The van der Waals surface area contributed by atoms with E-state index in [-0.39, 0.29) is 6.04 Å². The van der Waals surface area contributed by atoms with Gasteiger partial charge in [-0.05, 0) is 19.8 Å².